The minimum atomic E-state index is -0.0709. The highest BCUT2D eigenvalue weighted by atomic mass is 35.5. The molecule has 1 N–H and O–H groups in total. The van der Waals surface area contributed by atoms with E-state index in [1.54, 1.807) is 24.5 Å². The summed E-state index contributed by atoms with van der Waals surface area (Å²) in [6.45, 7) is 0.675. The first-order valence-corrected chi connectivity index (χ1v) is 6.89. The molecule has 0 spiro atoms. The van der Waals surface area contributed by atoms with E-state index in [2.05, 4.69) is 15.3 Å². The van der Waals surface area contributed by atoms with Crippen LogP contribution in [-0.2, 0) is 0 Å². The van der Waals surface area contributed by atoms with Gasteiger partial charge in [0.05, 0.1) is 11.0 Å². The van der Waals surface area contributed by atoms with Crippen molar-refractivity contribution in [3.05, 3.63) is 36.2 Å². The van der Waals surface area contributed by atoms with Gasteiger partial charge in [-0.2, -0.15) is 0 Å². The summed E-state index contributed by atoms with van der Waals surface area (Å²) in [5.41, 5.74) is 2.14. The van der Waals surface area contributed by atoms with Crippen molar-refractivity contribution in [3.8, 4) is 0 Å². The third-order valence-corrected chi connectivity index (χ3v) is 3.09. The molecule has 0 unspecified atom stereocenters. The number of halogens is 1. The monoisotopic (exact) mass is 277 g/mol. The number of nitrogens with one attached hydrogen (secondary N) is 1. The van der Waals surface area contributed by atoms with Crippen molar-refractivity contribution in [3.63, 3.8) is 0 Å². The molecule has 0 radical (unpaired) electrons. The molecule has 2 rings (SSSR count). The maximum Gasteiger partial charge on any atom is 0.251 e. The SMILES string of the molecule is O=C(NCCCCCCl)c1ccc2nccnc2c1. The number of carbonyl (C=O) groups excluding carboxylic acids is 1. The van der Waals surface area contributed by atoms with Crippen LogP contribution in [0.1, 0.15) is 29.6 Å². The van der Waals surface area contributed by atoms with Crippen LogP contribution in [0.4, 0.5) is 0 Å². The van der Waals surface area contributed by atoms with E-state index in [-0.39, 0.29) is 5.91 Å². The van der Waals surface area contributed by atoms with Gasteiger partial charge in [0.2, 0.25) is 0 Å². The summed E-state index contributed by atoms with van der Waals surface area (Å²) in [6, 6.07) is 5.34. The zero-order chi connectivity index (χ0) is 13.5. The second kappa shape index (κ2) is 7.04. The topological polar surface area (TPSA) is 54.9 Å². The van der Waals surface area contributed by atoms with Gasteiger partial charge in [0.1, 0.15) is 0 Å². The van der Waals surface area contributed by atoms with Gasteiger partial charge in [0.25, 0.3) is 5.91 Å². The molecule has 19 heavy (non-hydrogen) atoms. The normalized spacial score (nSPS) is 10.6. The second-order valence-electron chi connectivity index (χ2n) is 4.27. The third-order valence-electron chi connectivity index (χ3n) is 2.83. The number of alkyl halides is 1. The minimum Gasteiger partial charge on any atom is -0.352 e. The molecule has 2 aromatic rings. The third kappa shape index (κ3) is 3.89. The van der Waals surface area contributed by atoms with E-state index in [1.807, 2.05) is 6.07 Å². The minimum absolute atomic E-state index is 0.0709. The fourth-order valence-corrected chi connectivity index (χ4v) is 1.99. The lowest BCUT2D eigenvalue weighted by molar-refractivity contribution is 0.0953. The summed E-state index contributed by atoms with van der Waals surface area (Å²) in [4.78, 5) is 20.3. The van der Waals surface area contributed by atoms with Crippen LogP contribution in [0, 0.1) is 0 Å². The molecular weight excluding hydrogens is 262 g/mol. The molecule has 0 atom stereocenters. The number of fused-ring (bicyclic) bond motifs is 1. The highest BCUT2D eigenvalue weighted by Crippen LogP contribution is 2.10. The van der Waals surface area contributed by atoms with E-state index in [4.69, 9.17) is 11.6 Å². The molecule has 0 aliphatic carbocycles. The van der Waals surface area contributed by atoms with Gasteiger partial charge in [-0.3, -0.25) is 14.8 Å². The predicted octanol–water partition coefficient (Wildman–Crippen LogP) is 2.77. The molecule has 1 aromatic carbocycles. The van der Waals surface area contributed by atoms with Crippen LogP contribution in [0.5, 0.6) is 0 Å². The van der Waals surface area contributed by atoms with Crippen LogP contribution < -0.4 is 5.32 Å². The standard InChI is InChI=1S/C14H16ClN3O/c15-6-2-1-3-7-18-14(19)11-4-5-12-13(10-11)17-9-8-16-12/h4-5,8-10H,1-3,6-7H2,(H,18,19). The molecule has 0 saturated carbocycles. The van der Waals surface area contributed by atoms with Gasteiger partial charge in [-0.15, -0.1) is 11.6 Å². The molecule has 0 aliphatic rings. The Bertz CT molecular complexity index is 559. The van der Waals surface area contributed by atoms with E-state index in [0.29, 0.717) is 18.0 Å². The van der Waals surface area contributed by atoms with Crippen LogP contribution in [-0.4, -0.2) is 28.3 Å². The molecule has 0 bridgehead atoms. The Morgan fingerprint density at radius 2 is 1.89 bits per heavy atom. The van der Waals surface area contributed by atoms with Gasteiger partial charge >= 0.3 is 0 Å². The first-order valence-electron chi connectivity index (χ1n) is 6.36. The van der Waals surface area contributed by atoms with E-state index in [0.717, 1.165) is 30.3 Å². The van der Waals surface area contributed by atoms with Crippen LogP contribution >= 0.6 is 11.6 Å². The number of nitrogens with zero attached hydrogens (tertiary/aromatic N) is 2. The van der Waals surface area contributed by atoms with E-state index in [1.165, 1.54) is 0 Å². The molecule has 4 nitrogen and oxygen atoms in total. The Morgan fingerprint density at radius 3 is 2.68 bits per heavy atom. The largest absolute Gasteiger partial charge is 0.352 e. The second-order valence-corrected chi connectivity index (χ2v) is 4.64. The van der Waals surface area contributed by atoms with Crippen LogP contribution in [0.25, 0.3) is 11.0 Å². The van der Waals surface area contributed by atoms with E-state index in [9.17, 15) is 4.79 Å². The van der Waals surface area contributed by atoms with Gasteiger partial charge in [-0.25, -0.2) is 0 Å². The lowest BCUT2D eigenvalue weighted by Crippen LogP contribution is -2.24. The molecule has 0 aliphatic heterocycles. The average Bonchev–Trinajstić information content (AvgIpc) is 2.46. The number of amides is 1. The van der Waals surface area contributed by atoms with Crippen LogP contribution in [0.2, 0.25) is 0 Å². The molecule has 100 valence electrons. The van der Waals surface area contributed by atoms with Crippen molar-refractivity contribution < 1.29 is 4.79 Å². The Hall–Kier alpha value is -1.68. The van der Waals surface area contributed by atoms with Crippen molar-refractivity contribution in [2.75, 3.05) is 12.4 Å². The highest BCUT2D eigenvalue weighted by molar-refractivity contribution is 6.17. The number of hydrogen-bond acceptors (Lipinski definition) is 3. The quantitative estimate of drug-likeness (QED) is 0.652. The summed E-state index contributed by atoms with van der Waals surface area (Å²) in [5.74, 6) is 0.607. The first kappa shape index (κ1) is 13.7. The number of hydrogen-bond donors (Lipinski definition) is 1. The molecule has 1 aromatic heterocycles. The molecule has 1 heterocycles. The molecule has 5 heteroatoms. The number of aromatic nitrogens is 2. The Labute approximate surface area is 117 Å². The molecule has 0 saturated heterocycles. The van der Waals surface area contributed by atoms with E-state index >= 15 is 0 Å². The predicted molar refractivity (Wildman–Crippen MR) is 76.4 cm³/mol. The van der Waals surface area contributed by atoms with E-state index < -0.39 is 0 Å². The lowest BCUT2D eigenvalue weighted by Gasteiger charge is -2.05. The number of rotatable bonds is 6. The summed E-state index contributed by atoms with van der Waals surface area (Å²) < 4.78 is 0. The Morgan fingerprint density at radius 1 is 1.11 bits per heavy atom. The van der Waals surface area contributed by atoms with Crippen molar-refractivity contribution in [2.24, 2.45) is 0 Å². The number of carbonyl (C=O) groups is 1. The van der Waals surface area contributed by atoms with Gasteiger partial charge in [0, 0.05) is 30.4 Å². The van der Waals surface area contributed by atoms with Crippen molar-refractivity contribution in [2.45, 2.75) is 19.3 Å². The maximum absolute atomic E-state index is 11.9. The first-order chi connectivity index (χ1) is 9.31. The number of benzene rings is 1. The molecule has 0 fully saturated rings. The zero-order valence-electron chi connectivity index (χ0n) is 10.6. The van der Waals surface area contributed by atoms with Crippen LogP contribution in [0.15, 0.2) is 30.6 Å². The van der Waals surface area contributed by atoms with Gasteiger partial charge in [0.15, 0.2) is 0 Å². The Kier molecular flexibility index (Phi) is 5.10. The van der Waals surface area contributed by atoms with Gasteiger partial charge in [-0.05, 0) is 31.0 Å². The lowest BCUT2D eigenvalue weighted by atomic mass is 10.1. The molecular formula is C14H16ClN3O. The van der Waals surface area contributed by atoms with Crippen molar-refractivity contribution in [1.29, 1.82) is 0 Å². The van der Waals surface area contributed by atoms with Gasteiger partial charge in [-0.1, -0.05) is 6.42 Å². The maximum atomic E-state index is 11.9. The average molecular weight is 278 g/mol. The van der Waals surface area contributed by atoms with Gasteiger partial charge < -0.3 is 5.32 Å². The summed E-state index contributed by atoms with van der Waals surface area (Å²) in [5, 5.41) is 2.89. The summed E-state index contributed by atoms with van der Waals surface area (Å²) in [7, 11) is 0. The zero-order valence-corrected chi connectivity index (χ0v) is 11.4. The fraction of sp³-hybridized carbons (Fsp3) is 0.357. The fourth-order valence-electron chi connectivity index (χ4n) is 1.80. The highest BCUT2D eigenvalue weighted by Gasteiger charge is 2.06. The van der Waals surface area contributed by atoms with Crippen molar-refractivity contribution in [1.82, 2.24) is 15.3 Å². The van der Waals surface area contributed by atoms with Crippen LogP contribution in [0.3, 0.4) is 0 Å². The molecule has 1 amide bonds. The smallest absolute Gasteiger partial charge is 0.251 e. The Balaban J connectivity index is 1.93. The summed E-state index contributed by atoms with van der Waals surface area (Å²) >= 11 is 5.59. The summed E-state index contributed by atoms with van der Waals surface area (Å²) in [6.07, 6.45) is 6.23. The number of unbranched alkanes of at least 4 members (excludes halogenated alkanes) is 2. The van der Waals surface area contributed by atoms with Crippen molar-refractivity contribution >= 4 is 28.5 Å².